The van der Waals surface area contributed by atoms with Crippen molar-refractivity contribution in [2.45, 2.75) is 26.6 Å². The molecule has 2 heteroatoms. The number of nitrogens with one attached hydrogen (secondary N) is 1. The standard InChI is InChI=1S/C7H14BN/c1-3-5-9-7(4-2)6-8/h4,9H,3,5-6H2,1-2H3/b7-4-. The normalized spacial score (nSPS) is 11.6. The maximum absolute atomic E-state index is 5.39. The molecule has 0 unspecified atom stereocenters. The fourth-order valence-corrected chi connectivity index (χ4v) is 0.578. The molecule has 50 valence electrons. The summed E-state index contributed by atoms with van der Waals surface area (Å²) in [6, 6.07) is 0. The van der Waals surface area contributed by atoms with Gasteiger partial charge in [0.2, 0.25) is 0 Å². The Morgan fingerprint density at radius 3 is 2.67 bits per heavy atom. The van der Waals surface area contributed by atoms with E-state index < -0.39 is 0 Å². The lowest BCUT2D eigenvalue weighted by atomic mass is 10.0. The van der Waals surface area contributed by atoms with Gasteiger partial charge in [0, 0.05) is 6.54 Å². The Hall–Kier alpha value is -0.395. The lowest BCUT2D eigenvalue weighted by Crippen LogP contribution is -2.13. The fraction of sp³-hybridized carbons (Fsp3) is 0.714. The molecule has 0 aromatic rings. The van der Waals surface area contributed by atoms with Gasteiger partial charge in [0.05, 0.1) is 7.85 Å². The molecule has 2 radical (unpaired) electrons. The van der Waals surface area contributed by atoms with Crippen LogP contribution >= 0.6 is 0 Å². The zero-order valence-corrected chi connectivity index (χ0v) is 6.28. The average molecular weight is 123 g/mol. The molecule has 0 aliphatic heterocycles. The van der Waals surface area contributed by atoms with Crippen LogP contribution in [0.2, 0.25) is 6.32 Å². The molecule has 0 saturated carbocycles. The van der Waals surface area contributed by atoms with E-state index >= 15 is 0 Å². The first-order valence-corrected chi connectivity index (χ1v) is 3.44. The first-order chi connectivity index (χ1) is 4.35. The van der Waals surface area contributed by atoms with Gasteiger partial charge in [-0.2, -0.15) is 0 Å². The number of rotatable bonds is 4. The van der Waals surface area contributed by atoms with E-state index in [1.165, 1.54) is 0 Å². The van der Waals surface area contributed by atoms with Gasteiger partial charge in [-0.25, -0.2) is 0 Å². The maximum atomic E-state index is 5.39. The second kappa shape index (κ2) is 5.74. The molecule has 0 aliphatic carbocycles. The van der Waals surface area contributed by atoms with E-state index in [9.17, 15) is 0 Å². The van der Waals surface area contributed by atoms with Crippen LogP contribution < -0.4 is 5.32 Å². The van der Waals surface area contributed by atoms with E-state index in [4.69, 9.17) is 7.85 Å². The summed E-state index contributed by atoms with van der Waals surface area (Å²) < 4.78 is 0. The first-order valence-electron chi connectivity index (χ1n) is 3.44. The molecule has 1 N–H and O–H groups in total. The number of hydrogen-bond acceptors (Lipinski definition) is 1. The van der Waals surface area contributed by atoms with E-state index in [-0.39, 0.29) is 0 Å². The Bertz CT molecular complexity index is 88.9. The third-order valence-electron chi connectivity index (χ3n) is 1.17. The van der Waals surface area contributed by atoms with Crippen LogP contribution in [0.15, 0.2) is 11.8 Å². The van der Waals surface area contributed by atoms with Gasteiger partial charge in [0.25, 0.3) is 0 Å². The molecule has 0 atom stereocenters. The molecule has 0 fully saturated rings. The van der Waals surface area contributed by atoms with Crippen LogP contribution in [0.1, 0.15) is 20.3 Å². The zero-order valence-electron chi connectivity index (χ0n) is 6.28. The molecule has 0 aromatic carbocycles. The third-order valence-corrected chi connectivity index (χ3v) is 1.17. The highest BCUT2D eigenvalue weighted by molar-refractivity contribution is 6.10. The highest BCUT2D eigenvalue weighted by Gasteiger charge is 1.86. The van der Waals surface area contributed by atoms with Crippen molar-refractivity contribution in [1.29, 1.82) is 0 Å². The van der Waals surface area contributed by atoms with E-state index in [1.807, 2.05) is 13.0 Å². The quantitative estimate of drug-likeness (QED) is 0.558. The topological polar surface area (TPSA) is 12.0 Å². The van der Waals surface area contributed by atoms with Gasteiger partial charge in [0.1, 0.15) is 0 Å². The summed E-state index contributed by atoms with van der Waals surface area (Å²) in [7, 11) is 5.39. The SMILES string of the molecule is [B]C/C(=C/C)NCCC. The lowest BCUT2D eigenvalue weighted by Gasteiger charge is -2.05. The molecular formula is C7H14BN. The van der Waals surface area contributed by atoms with Gasteiger partial charge < -0.3 is 5.32 Å². The minimum Gasteiger partial charge on any atom is -0.389 e. The van der Waals surface area contributed by atoms with E-state index in [0.29, 0.717) is 6.32 Å². The van der Waals surface area contributed by atoms with E-state index in [0.717, 1.165) is 18.7 Å². The monoisotopic (exact) mass is 123 g/mol. The van der Waals surface area contributed by atoms with Crippen molar-refractivity contribution in [1.82, 2.24) is 5.32 Å². The van der Waals surface area contributed by atoms with Gasteiger partial charge in [0.15, 0.2) is 0 Å². The van der Waals surface area contributed by atoms with Gasteiger partial charge in [-0.3, -0.25) is 0 Å². The third kappa shape index (κ3) is 4.13. The molecule has 0 spiro atoms. The van der Waals surface area contributed by atoms with E-state index in [2.05, 4.69) is 12.2 Å². The summed E-state index contributed by atoms with van der Waals surface area (Å²) in [5.74, 6) is 0. The Labute approximate surface area is 58.9 Å². The smallest absolute Gasteiger partial charge is 0.0736 e. The van der Waals surface area contributed by atoms with Crippen LogP contribution in [-0.2, 0) is 0 Å². The predicted octanol–water partition coefficient (Wildman–Crippen LogP) is 1.48. The fourth-order valence-electron chi connectivity index (χ4n) is 0.578. The van der Waals surface area contributed by atoms with Crippen molar-refractivity contribution < 1.29 is 0 Å². The minimum atomic E-state index is 0.622. The Kier molecular flexibility index (Phi) is 5.48. The highest BCUT2D eigenvalue weighted by Crippen LogP contribution is 1.92. The Morgan fingerprint density at radius 1 is 1.67 bits per heavy atom. The summed E-state index contributed by atoms with van der Waals surface area (Å²) in [4.78, 5) is 0. The van der Waals surface area contributed by atoms with Gasteiger partial charge in [-0.15, -0.1) is 0 Å². The Balaban J connectivity index is 3.33. The van der Waals surface area contributed by atoms with Crippen LogP contribution in [0.25, 0.3) is 0 Å². The van der Waals surface area contributed by atoms with Crippen LogP contribution in [0.3, 0.4) is 0 Å². The molecular weight excluding hydrogens is 109 g/mol. The van der Waals surface area contributed by atoms with Gasteiger partial charge in [-0.1, -0.05) is 19.3 Å². The molecule has 0 heterocycles. The maximum Gasteiger partial charge on any atom is 0.0736 e. The highest BCUT2D eigenvalue weighted by atomic mass is 14.9. The zero-order chi connectivity index (χ0) is 7.11. The van der Waals surface area contributed by atoms with Crippen molar-refractivity contribution in [3.63, 3.8) is 0 Å². The van der Waals surface area contributed by atoms with Gasteiger partial charge >= 0.3 is 0 Å². The molecule has 0 aromatic heterocycles. The minimum absolute atomic E-state index is 0.622. The van der Waals surface area contributed by atoms with Crippen LogP contribution in [0.4, 0.5) is 0 Å². The van der Waals surface area contributed by atoms with Crippen molar-refractivity contribution in [3.8, 4) is 0 Å². The molecule has 0 saturated heterocycles. The largest absolute Gasteiger partial charge is 0.389 e. The summed E-state index contributed by atoms with van der Waals surface area (Å²) in [6.45, 7) is 5.15. The summed E-state index contributed by atoms with van der Waals surface area (Å²) >= 11 is 0. The van der Waals surface area contributed by atoms with Crippen molar-refractivity contribution >= 4 is 7.85 Å². The summed E-state index contributed by atoms with van der Waals surface area (Å²) in [6.07, 6.45) is 3.78. The lowest BCUT2D eigenvalue weighted by molar-refractivity contribution is 0.768. The number of hydrogen-bond donors (Lipinski definition) is 1. The Morgan fingerprint density at radius 2 is 2.33 bits per heavy atom. The molecule has 0 rings (SSSR count). The van der Waals surface area contributed by atoms with Crippen LogP contribution in [0, 0.1) is 0 Å². The van der Waals surface area contributed by atoms with Crippen molar-refractivity contribution in [3.05, 3.63) is 11.8 Å². The number of allylic oxidation sites excluding steroid dienone is 2. The molecule has 1 nitrogen and oxygen atoms in total. The summed E-state index contributed by atoms with van der Waals surface area (Å²) in [5, 5.41) is 3.20. The predicted molar refractivity (Wildman–Crippen MR) is 42.6 cm³/mol. The first kappa shape index (κ1) is 8.60. The van der Waals surface area contributed by atoms with Crippen LogP contribution in [0.5, 0.6) is 0 Å². The molecule has 9 heavy (non-hydrogen) atoms. The van der Waals surface area contributed by atoms with Gasteiger partial charge in [-0.05, 0) is 19.0 Å². The molecule has 0 amide bonds. The van der Waals surface area contributed by atoms with E-state index in [1.54, 1.807) is 0 Å². The second-order valence-electron chi connectivity index (χ2n) is 1.94. The van der Waals surface area contributed by atoms with Crippen molar-refractivity contribution in [2.75, 3.05) is 6.54 Å². The molecule has 0 aliphatic rings. The van der Waals surface area contributed by atoms with Crippen molar-refractivity contribution in [2.24, 2.45) is 0 Å². The molecule has 0 bridgehead atoms. The summed E-state index contributed by atoms with van der Waals surface area (Å²) in [5.41, 5.74) is 1.14. The average Bonchev–Trinajstić information content (AvgIpc) is 1.91. The second-order valence-corrected chi connectivity index (χ2v) is 1.94. The van der Waals surface area contributed by atoms with Crippen LogP contribution in [-0.4, -0.2) is 14.4 Å².